The van der Waals surface area contributed by atoms with E-state index in [1.807, 2.05) is 4.90 Å². The van der Waals surface area contributed by atoms with E-state index in [0.717, 1.165) is 45.2 Å². The molecule has 0 aromatic rings. The highest BCUT2D eigenvalue weighted by Gasteiger charge is 2.28. The lowest BCUT2D eigenvalue weighted by atomic mass is 9.96. The minimum atomic E-state index is -0.100. The summed E-state index contributed by atoms with van der Waals surface area (Å²) >= 11 is 0. The summed E-state index contributed by atoms with van der Waals surface area (Å²) in [5.41, 5.74) is 0. The van der Waals surface area contributed by atoms with E-state index in [0.29, 0.717) is 19.1 Å². The quantitative estimate of drug-likeness (QED) is 0.835. The first-order valence-corrected chi connectivity index (χ1v) is 9.44. The Kier molecular flexibility index (Phi) is 7.34. The van der Waals surface area contributed by atoms with E-state index in [1.165, 1.54) is 0 Å². The second-order valence-corrected chi connectivity index (χ2v) is 7.45. The van der Waals surface area contributed by atoms with Crippen molar-refractivity contribution in [3.63, 3.8) is 0 Å². The summed E-state index contributed by atoms with van der Waals surface area (Å²) < 4.78 is 5.80. The number of hydrogen-bond acceptors (Lipinski definition) is 3. The highest BCUT2D eigenvalue weighted by molar-refractivity contribution is 5.84. The van der Waals surface area contributed by atoms with Crippen molar-refractivity contribution in [1.29, 1.82) is 0 Å². The number of carbonyl (C=O) groups excluding carboxylic acids is 2. The zero-order valence-electron chi connectivity index (χ0n) is 15.4. The minimum absolute atomic E-state index is 0.0640. The van der Waals surface area contributed by atoms with Crippen LogP contribution in [-0.4, -0.2) is 66.7 Å². The number of rotatable bonds is 5. The molecule has 2 heterocycles. The van der Waals surface area contributed by atoms with Crippen LogP contribution in [0.5, 0.6) is 0 Å². The Morgan fingerprint density at radius 2 is 2.17 bits per heavy atom. The molecule has 0 aliphatic carbocycles. The van der Waals surface area contributed by atoms with E-state index in [1.54, 1.807) is 4.90 Å². The molecule has 2 aliphatic rings. The Bertz CT molecular complexity index is 428. The van der Waals surface area contributed by atoms with Gasteiger partial charge in [0.15, 0.2) is 0 Å². The second-order valence-electron chi connectivity index (χ2n) is 7.45. The van der Waals surface area contributed by atoms with Crippen molar-refractivity contribution < 1.29 is 14.3 Å². The van der Waals surface area contributed by atoms with Crippen molar-refractivity contribution in [2.24, 2.45) is 5.92 Å². The topological polar surface area (TPSA) is 61.9 Å². The molecule has 0 aromatic carbocycles. The number of urea groups is 1. The number of ether oxygens (including phenoxy) is 1. The van der Waals surface area contributed by atoms with E-state index < -0.39 is 0 Å². The first-order chi connectivity index (χ1) is 11.5. The monoisotopic (exact) mass is 339 g/mol. The summed E-state index contributed by atoms with van der Waals surface area (Å²) in [4.78, 5) is 28.4. The number of amides is 3. The molecule has 2 saturated heterocycles. The zero-order valence-corrected chi connectivity index (χ0v) is 15.4. The van der Waals surface area contributed by atoms with Crippen LogP contribution in [0.25, 0.3) is 0 Å². The smallest absolute Gasteiger partial charge is 0.318 e. The number of hydrogen-bond donors (Lipinski definition) is 1. The van der Waals surface area contributed by atoms with Gasteiger partial charge in [-0.25, -0.2) is 4.79 Å². The molecule has 3 amide bonds. The zero-order chi connectivity index (χ0) is 17.5. The third kappa shape index (κ3) is 5.65. The molecular weight excluding hydrogens is 306 g/mol. The fourth-order valence-corrected chi connectivity index (χ4v) is 3.57. The van der Waals surface area contributed by atoms with Gasteiger partial charge in [0.1, 0.15) is 6.54 Å². The summed E-state index contributed by atoms with van der Waals surface area (Å²) in [5, 5.41) is 3.12. The van der Waals surface area contributed by atoms with Crippen LogP contribution in [0.15, 0.2) is 0 Å². The van der Waals surface area contributed by atoms with Gasteiger partial charge in [-0.3, -0.25) is 4.79 Å². The maximum atomic E-state index is 12.6. The molecule has 0 spiro atoms. The fourth-order valence-electron chi connectivity index (χ4n) is 3.57. The number of carbonyl (C=O) groups is 2. The molecule has 2 atom stereocenters. The standard InChI is InChI=1S/C18H33N3O3/c1-4-7-20-8-5-9-21(13-17(20)22)18(23)19-15-6-10-24-16(12-15)11-14(2)3/h14-16H,4-13H2,1-3H3,(H,19,23)/t15-,16-/m1/s1. The van der Waals surface area contributed by atoms with E-state index in [-0.39, 0.29) is 30.6 Å². The van der Waals surface area contributed by atoms with Crippen LogP contribution in [0.4, 0.5) is 4.79 Å². The summed E-state index contributed by atoms with van der Waals surface area (Å²) in [6, 6.07) is 0.0528. The third-order valence-corrected chi connectivity index (χ3v) is 4.74. The average Bonchev–Trinajstić information content (AvgIpc) is 2.70. The van der Waals surface area contributed by atoms with Crippen LogP contribution in [-0.2, 0) is 9.53 Å². The van der Waals surface area contributed by atoms with Gasteiger partial charge < -0.3 is 19.9 Å². The van der Waals surface area contributed by atoms with E-state index >= 15 is 0 Å². The lowest BCUT2D eigenvalue weighted by Crippen LogP contribution is -2.50. The molecule has 6 nitrogen and oxygen atoms in total. The molecule has 0 bridgehead atoms. The van der Waals surface area contributed by atoms with E-state index in [2.05, 4.69) is 26.1 Å². The fraction of sp³-hybridized carbons (Fsp3) is 0.889. The maximum Gasteiger partial charge on any atom is 0.318 e. The van der Waals surface area contributed by atoms with Gasteiger partial charge in [-0.15, -0.1) is 0 Å². The van der Waals surface area contributed by atoms with Gasteiger partial charge in [0.25, 0.3) is 0 Å². The number of nitrogens with one attached hydrogen (secondary N) is 1. The van der Waals surface area contributed by atoms with Gasteiger partial charge >= 0.3 is 6.03 Å². The molecule has 24 heavy (non-hydrogen) atoms. The van der Waals surface area contributed by atoms with Crippen LogP contribution in [0, 0.1) is 5.92 Å². The Hall–Kier alpha value is -1.30. The molecule has 0 saturated carbocycles. The van der Waals surface area contributed by atoms with Crippen molar-refractivity contribution in [1.82, 2.24) is 15.1 Å². The SMILES string of the molecule is CCCN1CCCN(C(=O)N[C@@H]2CCO[C@H](CC(C)C)C2)CC1=O. The average molecular weight is 339 g/mol. The van der Waals surface area contributed by atoms with Crippen molar-refractivity contribution in [2.75, 3.05) is 32.8 Å². The molecular formula is C18H33N3O3. The lowest BCUT2D eigenvalue weighted by molar-refractivity contribution is -0.130. The van der Waals surface area contributed by atoms with E-state index in [4.69, 9.17) is 4.74 Å². The largest absolute Gasteiger partial charge is 0.378 e. The highest BCUT2D eigenvalue weighted by Crippen LogP contribution is 2.20. The number of nitrogens with zero attached hydrogens (tertiary/aromatic N) is 2. The van der Waals surface area contributed by atoms with Crippen molar-refractivity contribution in [3.8, 4) is 0 Å². The Balaban J connectivity index is 1.84. The van der Waals surface area contributed by atoms with E-state index in [9.17, 15) is 9.59 Å². The van der Waals surface area contributed by atoms with Crippen LogP contribution in [0.3, 0.4) is 0 Å². The normalized spacial score (nSPS) is 25.8. The second kappa shape index (κ2) is 9.25. The predicted molar refractivity (Wildman–Crippen MR) is 93.8 cm³/mol. The van der Waals surface area contributed by atoms with Crippen LogP contribution >= 0.6 is 0 Å². The van der Waals surface area contributed by atoms with Gasteiger partial charge in [-0.05, 0) is 38.0 Å². The molecule has 2 fully saturated rings. The molecule has 2 rings (SSSR count). The highest BCUT2D eigenvalue weighted by atomic mass is 16.5. The van der Waals surface area contributed by atoms with Gasteiger partial charge in [0.05, 0.1) is 6.10 Å². The summed E-state index contributed by atoms with van der Waals surface area (Å²) in [6.07, 6.45) is 4.79. The molecule has 6 heteroatoms. The molecule has 2 aliphatic heterocycles. The van der Waals surface area contributed by atoms with Gasteiger partial charge in [-0.2, -0.15) is 0 Å². The van der Waals surface area contributed by atoms with Crippen LogP contribution in [0.2, 0.25) is 0 Å². The lowest BCUT2D eigenvalue weighted by Gasteiger charge is -2.32. The molecule has 0 unspecified atom stereocenters. The van der Waals surface area contributed by atoms with Gasteiger partial charge in [0, 0.05) is 32.3 Å². The van der Waals surface area contributed by atoms with Gasteiger partial charge in [0.2, 0.25) is 5.91 Å². The predicted octanol–water partition coefficient (Wildman–Crippen LogP) is 2.23. The molecule has 138 valence electrons. The Morgan fingerprint density at radius 3 is 2.88 bits per heavy atom. The Labute approximate surface area is 145 Å². The first kappa shape index (κ1) is 19.0. The summed E-state index contributed by atoms with van der Waals surface area (Å²) in [5.74, 6) is 0.659. The van der Waals surface area contributed by atoms with Gasteiger partial charge in [-0.1, -0.05) is 20.8 Å². The maximum absolute atomic E-state index is 12.6. The molecule has 1 N–H and O–H groups in total. The summed E-state index contributed by atoms with van der Waals surface area (Å²) in [7, 11) is 0. The minimum Gasteiger partial charge on any atom is -0.378 e. The molecule has 0 aromatic heterocycles. The van der Waals surface area contributed by atoms with Crippen LogP contribution < -0.4 is 5.32 Å². The first-order valence-electron chi connectivity index (χ1n) is 9.44. The van der Waals surface area contributed by atoms with Crippen molar-refractivity contribution in [3.05, 3.63) is 0 Å². The molecule has 0 radical (unpaired) electrons. The van der Waals surface area contributed by atoms with Crippen LogP contribution in [0.1, 0.15) is 52.9 Å². The van der Waals surface area contributed by atoms with Crippen molar-refractivity contribution >= 4 is 11.9 Å². The third-order valence-electron chi connectivity index (χ3n) is 4.74. The van der Waals surface area contributed by atoms with Crippen molar-refractivity contribution in [2.45, 2.75) is 65.0 Å². The summed E-state index contributed by atoms with van der Waals surface area (Å²) in [6.45, 7) is 9.54. The Morgan fingerprint density at radius 1 is 1.38 bits per heavy atom.